The number of carbonyl (C=O) groups is 2. The van der Waals surface area contributed by atoms with Gasteiger partial charge in [-0.2, -0.15) is 0 Å². The zero-order valence-corrected chi connectivity index (χ0v) is 16.8. The minimum Gasteiger partial charge on any atom is -0.294 e. The third-order valence-electron chi connectivity index (χ3n) is 4.54. The molecule has 0 saturated heterocycles. The van der Waals surface area contributed by atoms with Gasteiger partial charge in [0.05, 0.1) is 0 Å². The number of carbonyl (C=O) groups excluding carboxylic acids is 2. The Bertz CT molecular complexity index is 1030. The quantitative estimate of drug-likeness (QED) is 0.457. The summed E-state index contributed by atoms with van der Waals surface area (Å²) in [4.78, 5) is 23.6. The number of fused-ring (bicyclic) bond motifs is 1. The maximum Gasteiger partial charge on any atom is 0.164 e. The molecule has 0 spiro atoms. The highest BCUT2D eigenvalue weighted by Crippen LogP contribution is 2.30. The molecule has 0 bridgehead atoms. The Morgan fingerprint density at radius 1 is 0.966 bits per heavy atom. The topological polar surface area (TPSA) is 34.1 Å². The molecule has 3 aromatic rings. The van der Waals surface area contributed by atoms with Crippen LogP contribution in [0.1, 0.15) is 40.5 Å². The zero-order valence-electron chi connectivity index (χ0n) is 16.0. The molecule has 148 valence electrons. The molecule has 0 fully saturated rings. The van der Waals surface area contributed by atoms with E-state index in [1.165, 1.54) is 18.2 Å². The van der Waals surface area contributed by atoms with Crippen LogP contribution in [0.3, 0.4) is 0 Å². The van der Waals surface area contributed by atoms with E-state index < -0.39 is 0 Å². The van der Waals surface area contributed by atoms with Crippen LogP contribution in [0.2, 0.25) is 0 Å². The van der Waals surface area contributed by atoms with Crippen molar-refractivity contribution in [3.8, 4) is 11.1 Å². The second-order valence-electron chi connectivity index (χ2n) is 6.50. The van der Waals surface area contributed by atoms with Gasteiger partial charge in [-0.1, -0.05) is 49.4 Å². The fourth-order valence-electron chi connectivity index (χ4n) is 2.97. The molecule has 29 heavy (non-hydrogen) atoms. The van der Waals surface area contributed by atoms with E-state index in [1.807, 2.05) is 6.92 Å². The predicted molar refractivity (Wildman–Crippen MR) is 113 cm³/mol. The first-order valence-corrected chi connectivity index (χ1v) is 10.3. The summed E-state index contributed by atoms with van der Waals surface area (Å²) in [7, 11) is 0. The summed E-state index contributed by atoms with van der Waals surface area (Å²) in [6.07, 6.45) is 1.01. The number of thioether (sulfide) groups is 1. The molecule has 1 aliphatic rings. The average molecular weight is 410 g/mol. The Balaban J connectivity index is 0.000000176. The van der Waals surface area contributed by atoms with Crippen molar-refractivity contribution in [3.63, 3.8) is 0 Å². The van der Waals surface area contributed by atoms with Crippen molar-refractivity contribution >= 4 is 23.3 Å². The van der Waals surface area contributed by atoms with Gasteiger partial charge in [-0.15, -0.1) is 11.8 Å². The van der Waals surface area contributed by atoms with Crippen LogP contribution in [0.5, 0.6) is 0 Å². The van der Waals surface area contributed by atoms with E-state index in [4.69, 9.17) is 0 Å². The summed E-state index contributed by atoms with van der Waals surface area (Å²) in [5.41, 5.74) is 2.57. The van der Waals surface area contributed by atoms with Crippen molar-refractivity contribution in [2.24, 2.45) is 0 Å². The highest BCUT2D eigenvalue weighted by Gasteiger charge is 2.17. The van der Waals surface area contributed by atoms with Crippen molar-refractivity contribution in [1.29, 1.82) is 0 Å². The number of Topliss-reactive ketones (excluding diaryl/α,β-unsaturated/α-hetero) is 2. The molecule has 0 saturated carbocycles. The Labute approximate surface area is 173 Å². The Morgan fingerprint density at radius 2 is 1.69 bits per heavy atom. The number of benzene rings is 3. The molecule has 1 aliphatic heterocycles. The first-order chi connectivity index (χ1) is 14.0. The lowest BCUT2D eigenvalue weighted by molar-refractivity contribution is 0.0978. The Morgan fingerprint density at radius 3 is 2.38 bits per heavy atom. The highest BCUT2D eigenvalue weighted by molar-refractivity contribution is 7.99. The van der Waals surface area contributed by atoms with Gasteiger partial charge in [0.15, 0.2) is 11.6 Å². The molecular weight excluding hydrogens is 390 g/mol. The first-order valence-electron chi connectivity index (χ1n) is 9.33. The normalized spacial score (nSPS) is 12.6. The van der Waals surface area contributed by atoms with Crippen LogP contribution < -0.4 is 0 Å². The molecule has 0 aromatic heterocycles. The van der Waals surface area contributed by atoms with E-state index >= 15 is 0 Å². The van der Waals surface area contributed by atoms with Crippen LogP contribution in [0, 0.1) is 11.6 Å². The fraction of sp³-hybridized carbons (Fsp3) is 0.167. The number of ketones is 2. The molecule has 3 aromatic carbocycles. The average Bonchev–Trinajstić information content (AvgIpc) is 2.75. The van der Waals surface area contributed by atoms with E-state index in [9.17, 15) is 18.4 Å². The van der Waals surface area contributed by atoms with E-state index in [2.05, 4.69) is 0 Å². The van der Waals surface area contributed by atoms with Crippen molar-refractivity contribution in [2.45, 2.75) is 24.7 Å². The minimum absolute atomic E-state index is 0.0586. The van der Waals surface area contributed by atoms with Gasteiger partial charge >= 0.3 is 0 Å². The number of hydrogen-bond acceptors (Lipinski definition) is 3. The lowest BCUT2D eigenvalue weighted by Crippen LogP contribution is -2.08. The van der Waals surface area contributed by atoms with Crippen LogP contribution >= 0.6 is 11.8 Å². The minimum atomic E-state index is -0.329. The van der Waals surface area contributed by atoms with E-state index in [0.717, 1.165) is 16.2 Å². The summed E-state index contributed by atoms with van der Waals surface area (Å²) < 4.78 is 26.2. The molecule has 0 radical (unpaired) electrons. The van der Waals surface area contributed by atoms with E-state index in [1.54, 1.807) is 60.3 Å². The molecule has 0 N–H and O–H groups in total. The summed E-state index contributed by atoms with van der Waals surface area (Å²) in [6.45, 7) is 1.83. The van der Waals surface area contributed by atoms with Crippen LogP contribution in [0.4, 0.5) is 8.78 Å². The monoisotopic (exact) mass is 410 g/mol. The molecule has 2 nitrogen and oxygen atoms in total. The Kier molecular flexibility index (Phi) is 6.94. The SMILES string of the molecule is CCC(=O)c1ccc(-c2ccccc2F)cc1.O=C1CCSc2ccc(F)cc21. The molecule has 0 atom stereocenters. The standard InChI is InChI=1S/C15H13FO.C9H7FOS/c1-2-15(17)12-9-7-11(8-10-12)13-5-3-4-6-14(13)16;10-6-1-2-9-7(5-6)8(11)3-4-12-9/h3-10H,2H2,1H3;1-2,5H,3-4H2. The zero-order chi connectivity index (χ0) is 20.8. The van der Waals surface area contributed by atoms with Crippen molar-refractivity contribution in [2.75, 3.05) is 5.75 Å². The van der Waals surface area contributed by atoms with Crippen molar-refractivity contribution in [1.82, 2.24) is 0 Å². The molecular formula is C24H20F2O2S. The second kappa shape index (κ2) is 9.61. The molecule has 5 heteroatoms. The van der Waals surface area contributed by atoms with E-state index in [-0.39, 0.29) is 23.2 Å². The molecule has 0 aliphatic carbocycles. The smallest absolute Gasteiger partial charge is 0.164 e. The van der Waals surface area contributed by atoms with Crippen LogP contribution in [-0.2, 0) is 0 Å². The third-order valence-corrected chi connectivity index (χ3v) is 5.62. The van der Waals surface area contributed by atoms with Crippen LogP contribution in [0.25, 0.3) is 11.1 Å². The van der Waals surface area contributed by atoms with Gasteiger partial charge in [-0.3, -0.25) is 9.59 Å². The maximum absolute atomic E-state index is 13.5. The highest BCUT2D eigenvalue weighted by atomic mass is 32.2. The third kappa shape index (κ3) is 5.18. The molecule has 1 heterocycles. The van der Waals surface area contributed by atoms with Gasteiger partial charge in [0, 0.05) is 40.2 Å². The lowest BCUT2D eigenvalue weighted by Gasteiger charge is -2.12. The summed E-state index contributed by atoms with van der Waals surface area (Å²) >= 11 is 1.61. The lowest BCUT2D eigenvalue weighted by atomic mass is 10.0. The predicted octanol–water partition coefficient (Wildman–Crippen LogP) is 6.59. The van der Waals surface area contributed by atoms with Gasteiger partial charge in [0.1, 0.15) is 11.6 Å². The summed E-state index contributed by atoms with van der Waals surface area (Å²) in [5.74, 6) is 0.400. The molecule has 4 rings (SSSR count). The number of hydrogen-bond donors (Lipinski definition) is 0. The first kappa shape index (κ1) is 20.9. The maximum atomic E-state index is 13.5. The van der Waals surface area contributed by atoms with Crippen molar-refractivity contribution in [3.05, 3.63) is 89.5 Å². The van der Waals surface area contributed by atoms with E-state index in [0.29, 0.717) is 29.5 Å². The van der Waals surface area contributed by atoms with Gasteiger partial charge in [0.25, 0.3) is 0 Å². The number of halogens is 2. The Hall–Kier alpha value is -2.79. The molecule has 0 unspecified atom stereocenters. The fourth-order valence-corrected chi connectivity index (χ4v) is 3.97. The molecule has 0 amide bonds. The van der Waals surface area contributed by atoms with Crippen LogP contribution in [-0.4, -0.2) is 17.3 Å². The van der Waals surface area contributed by atoms with Gasteiger partial charge in [0.2, 0.25) is 0 Å². The number of rotatable bonds is 3. The van der Waals surface area contributed by atoms with Gasteiger partial charge in [-0.05, 0) is 29.8 Å². The largest absolute Gasteiger partial charge is 0.294 e. The summed E-state index contributed by atoms with van der Waals surface area (Å²) in [5, 5.41) is 0. The summed E-state index contributed by atoms with van der Waals surface area (Å²) in [6, 6.07) is 18.0. The second-order valence-corrected chi connectivity index (χ2v) is 7.63. The van der Waals surface area contributed by atoms with Crippen molar-refractivity contribution < 1.29 is 18.4 Å². The van der Waals surface area contributed by atoms with Gasteiger partial charge < -0.3 is 0 Å². The van der Waals surface area contributed by atoms with Gasteiger partial charge in [-0.25, -0.2) is 8.78 Å². The van der Waals surface area contributed by atoms with Crippen LogP contribution in [0.15, 0.2) is 71.6 Å².